The van der Waals surface area contributed by atoms with Crippen LogP contribution in [0.2, 0.25) is 0 Å². The highest BCUT2D eigenvalue weighted by Crippen LogP contribution is 2.23. The second-order valence-corrected chi connectivity index (χ2v) is 7.68. The van der Waals surface area contributed by atoms with E-state index in [1.54, 1.807) is 12.4 Å². The predicted molar refractivity (Wildman–Crippen MR) is 106 cm³/mol. The molecule has 2 aliphatic heterocycles. The van der Waals surface area contributed by atoms with Crippen molar-refractivity contribution in [1.82, 2.24) is 19.8 Å². The van der Waals surface area contributed by atoms with E-state index in [9.17, 15) is 4.79 Å². The van der Waals surface area contributed by atoms with Crippen LogP contribution in [0.25, 0.3) is 0 Å². The monoisotopic (exact) mass is 365 g/mol. The van der Waals surface area contributed by atoms with Gasteiger partial charge in [0, 0.05) is 39.3 Å². The maximum Gasteiger partial charge on any atom is 0.274 e. The highest BCUT2D eigenvalue weighted by atomic mass is 16.2. The number of carbonyl (C=O) groups excluding carboxylic acids is 1. The van der Waals surface area contributed by atoms with Gasteiger partial charge in [-0.1, -0.05) is 24.3 Å². The summed E-state index contributed by atoms with van der Waals surface area (Å²) in [5, 5.41) is 0. The van der Waals surface area contributed by atoms with Crippen LogP contribution in [0.5, 0.6) is 0 Å². The van der Waals surface area contributed by atoms with Crippen molar-refractivity contribution in [2.75, 3.05) is 38.6 Å². The Labute approximate surface area is 160 Å². The largest absolute Gasteiger partial charge is 0.357 e. The van der Waals surface area contributed by atoms with Crippen molar-refractivity contribution in [3.8, 4) is 0 Å². The first-order chi connectivity index (χ1) is 13.1. The lowest BCUT2D eigenvalue weighted by molar-refractivity contribution is 0.0786. The van der Waals surface area contributed by atoms with E-state index in [2.05, 4.69) is 51.1 Å². The number of aromatic nitrogens is 2. The van der Waals surface area contributed by atoms with Crippen molar-refractivity contribution in [1.29, 1.82) is 0 Å². The van der Waals surface area contributed by atoms with Gasteiger partial charge in [-0.2, -0.15) is 0 Å². The minimum atomic E-state index is -0.000961. The minimum absolute atomic E-state index is 0.000961. The Hall–Kier alpha value is -2.47. The Morgan fingerprint density at radius 2 is 1.93 bits per heavy atom. The van der Waals surface area contributed by atoms with Crippen LogP contribution in [0.15, 0.2) is 36.7 Å². The first-order valence-electron chi connectivity index (χ1n) is 9.71. The van der Waals surface area contributed by atoms with Crippen LogP contribution in [0.3, 0.4) is 0 Å². The Balaban J connectivity index is 1.46. The Morgan fingerprint density at radius 3 is 2.70 bits per heavy atom. The van der Waals surface area contributed by atoms with Gasteiger partial charge in [0.2, 0.25) is 0 Å². The maximum atomic E-state index is 12.6. The number of anilines is 1. The van der Waals surface area contributed by atoms with E-state index in [1.165, 1.54) is 11.1 Å². The van der Waals surface area contributed by atoms with Crippen LogP contribution in [-0.4, -0.2) is 65.4 Å². The maximum absolute atomic E-state index is 12.6. The van der Waals surface area contributed by atoms with Crippen LogP contribution in [0.4, 0.5) is 5.82 Å². The van der Waals surface area contributed by atoms with Gasteiger partial charge < -0.3 is 9.80 Å². The molecule has 0 spiro atoms. The molecule has 1 saturated heterocycles. The third-order valence-electron chi connectivity index (χ3n) is 5.73. The Morgan fingerprint density at radius 1 is 1.19 bits per heavy atom. The normalized spacial score (nSPS) is 19.8. The fourth-order valence-corrected chi connectivity index (χ4v) is 4.06. The number of hydrogen-bond acceptors (Lipinski definition) is 5. The third kappa shape index (κ3) is 3.81. The van der Waals surface area contributed by atoms with Crippen LogP contribution >= 0.6 is 0 Å². The average molecular weight is 365 g/mol. The molecular weight excluding hydrogens is 338 g/mol. The number of likely N-dealkylation sites (tertiary alicyclic amines) is 1. The molecular formula is C21H27N5O. The van der Waals surface area contributed by atoms with Gasteiger partial charge in [-0.15, -0.1) is 0 Å². The fourth-order valence-electron chi connectivity index (χ4n) is 4.06. The van der Waals surface area contributed by atoms with E-state index in [0.29, 0.717) is 11.7 Å². The molecule has 4 rings (SSSR count). The number of nitrogens with zero attached hydrogens (tertiary/aromatic N) is 5. The summed E-state index contributed by atoms with van der Waals surface area (Å²) in [5.74, 6) is 0.756. The van der Waals surface area contributed by atoms with Crippen LogP contribution in [0.1, 0.15) is 34.5 Å². The first kappa shape index (κ1) is 17.9. The molecule has 0 N–H and O–H groups in total. The number of amides is 1. The lowest BCUT2D eigenvalue weighted by Gasteiger charge is -2.36. The third-order valence-corrected chi connectivity index (χ3v) is 5.73. The van der Waals surface area contributed by atoms with Crippen molar-refractivity contribution in [3.05, 3.63) is 53.5 Å². The summed E-state index contributed by atoms with van der Waals surface area (Å²) in [4.78, 5) is 27.9. The lowest BCUT2D eigenvalue weighted by Crippen LogP contribution is -2.45. The molecule has 1 aromatic heterocycles. The molecule has 2 aliphatic rings. The quantitative estimate of drug-likeness (QED) is 0.831. The highest BCUT2D eigenvalue weighted by Gasteiger charge is 2.25. The van der Waals surface area contributed by atoms with E-state index in [1.807, 2.05) is 11.9 Å². The van der Waals surface area contributed by atoms with E-state index in [4.69, 9.17) is 0 Å². The summed E-state index contributed by atoms with van der Waals surface area (Å²) in [7, 11) is 4.20. The second kappa shape index (κ2) is 7.64. The van der Waals surface area contributed by atoms with Gasteiger partial charge in [-0.25, -0.2) is 4.98 Å². The molecule has 0 aliphatic carbocycles. The van der Waals surface area contributed by atoms with Crippen LogP contribution < -0.4 is 4.90 Å². The smallest absolute Gasteiger partial charge is 0.274 e. The second-order valence-electron chi connectivity index (χ2n) is 7.68. The molecule has 3 heterocycles. The van der Waals surface area contributed by atoms with Gasteiger partial charge in [0.05, 0.1) is 12.4 Å². The number of likely N-dealkylation sites (N-methyl/N-ethyl adjacent to an activating group) is 2. The number of fused-ring (bicyclic) bond motifs is 1. The number of carbonyl (C=O) groups is 1. The van der Waals surface area contributed by atoms with E-state index in [-0.39, 0.29) is 5.91 Å². The first-order valence-corrected chi connectivity index (χ1v) is 9.71. The fraction of sp³-hybridized carbons (Fsp3) is 0.476. The molecule has 1 atom stereocenters. The summed E-state index contributed by atoms with van der Waals surface area (Å²) >= 11 is 0. The number of rotatable bonds is 4. The molecule has 27 heavy (non-hydrogen) atoms. The van der Waals surface area contributed by atoms with Gasteiger partial charge >= 0.3 is 0 Å². The molecule has 142 valence electrons. The van der Waals surface area contributed by atoms with E-state index >= 15 is 0 Å². The minimum Gasteiger partial charge on any atom is -0.357 e. The molecule has 2 aromatic rings. The van der Waals surface area contributed by atoms with Gasteiger partial charge in [0.25, 0.3) is 5.91 Å². The SMILES string of the molecule is CN(CC1Cc2ccccc2CN1C)c1cncc(C(=O)N2CCCC2)n1. The molecule has 1 amide bonds. The zero-order chi connectivity index (χ0) is 18.8. The zero-order valence-corrected chi connectivity index (χ0v) is 16.1. The van der Waals surface area contributed by atoms with Gasteiger partial charge in [0.1, 0.15) is 11.5 Å². The summed E-state index contributed by atoms with van der Waals surface area (Å²) in [6.07, 6.45) is 6.51. The van der Waals surface area contributed by atoms with E-state index < -0.39 is 0 Å². The lowest BCUT2D eigenvalue weighted by atomic mass is 9.94. The Kier molecular flexibility index (Phi) is 5.07. The predicted octanol–water partition coefficient (Wildman–Crippen LogP) is 2.21. The van der Waals surface area contributed by atoms with Gasteiger partial charge in [-0.3, -0.25) is 14.7 Å². The van der Waals surface area contributed by atoms with Crippen LogP contribution in [-0.2, 0) is 13.0 Å². The van der Waals surface area contributed by atoms with Crippen molar-refractivity contribution in [2.45, 2.75) is 31.8 Å². The molecule has 0 radical (unpaired) electrons. The average Bonchev–Trinajstić information content (AvgIpc) is 3.23. The molecule has 1 unspecified atom stereocenters. The summed E-state index contributed by atoms with van der Waals surface area (Å²) in [6, 6.07) is 9.07. The van der Waals surface area contributed by atoms with Crippen molar-refractivity contribution in [2.24, 2.45) is 0 Å². The highest BCUT2D eigenvalue weighted by molar-refractivity contribution is 5.92. The summed E-state index contributed by atoms with van der Waals surface area (Å²) in [6.45, 7) is 3.47. The molecule has 6 heteroatoms. The Bertz CT molecular complexity index is 818. The van der Waals surface area contributed by atoms with Crippen molar-refractivity contribution < 1.29 is 4.79 Å². The van der Waals surface area contributed by atoms with Crippen molar-refractivity contribution >= 4 is 11.7 Å². The number of benzene rings is 1. The van der Waals surface area contributed by atoms with Crippen LogP contribution in [0, 0.1) is 0 Å². The number of hydrogen-bond donors (Lipinski definition) is 0. The zero-order valence-electron chi connectivity index (χ0n) is 16.1. The summed E-state index contributed by atoms with van der Waals surface area (Å²) < 4.78 is 0. The summed E-state index contributed by atoms with van der Waals surface area (Å²) in [5.41, 5.74) is 3.29. The standard InChI is InChI=1S/C21H27N5O/c1-24-14-17-8-4-3-7-16(17)11-18(24)15-25(2)20-13-22-12-19(23-20)21(27)26-9-5-6-10-26/h3-4,7-8,12-13,18H,5-6,9-11,14-15H2,1-2H3. The van der Waals surface area contributed by atoms with Crippen molar-refractivity contribution in [3.63, 3.8) is 0 Å². The van der Waals surface area contributed by atoms with Gasteiger partial charge in [-0.05, 0) is 37.4 Å². The topological polar surface area (TPSA) is 52.6 Å². The molecule has 1 aromatic carbocycles. The molecule has 0 saturated carbocycles. The molecule has 0 bridgehead atoms. The molecule has 1 fully saturated rings. The van der Waals surface area contributed by atoms with E-state index in [0.717, 1.165) is 51.3 Å². The van der Waals surface area contributed by atoms with Gasteiger partial charge in [0.15, 0.2) is 0 Å². The molecule has 6 nitrogen and oxygen atoms in total.